The maximum Gasteiger partial charge on any atom is 0.247 e. The van der Waals surface area contributed by atoms with Gasteiger partial charge in [-0.2, -0.15) is 0 Å². The average Bonchev–Trinajstić information content (AvgIpc) is 3.00. The smallest absolute Gasteiger partial charge is 0.247 e. The van der Waals surface area contributed by atoms with Crippen molar-refractivity contribution in [2.45, 2.75) is 110 Å². The van der Waals surface area contributed by atoms with E-state index in [1.54, 1.807) is 0 Å². The first-order valence-corrected chi connectivity index (χ1v) is 10.3. The predicted molar refractivity (Wildman–Crippen MR) is 100 cm³/mol. The van der Waals surface area contributed by atoms with Gasteiger partial charge >= 0.3 is 0 Å². The minimum Gasteiger partial charge on any atom is -0.356 e. The minimum atomic E-state index is -0.345. The molecule has 0 amide bonds. The van der Waals surface area contributed by atoms with Crippen molar-refractivity contribution in [2.75, 3.05) is 13.1 Å². The second-order valence-corrected chi connectivity index (χ2v) is 7.19. The highest BCUT2D eigenvalue weighted by molar-refractivity contribution is 5.78. The first-order valence-electron chi connectivity index (χ1n) is 10.3. The molecule has 0 aromatic heterocycles. The maximum absolute atomic E-state index is 9.69. The molecule has 0 bridgehead atoms. The Morgan fingerprint density at radius 2 is 1.35 bits per heavy atom. The molecule has 0 aromatic rings. The number of unbranched alkanes of at least 4 members (excludes halogenated alkanes) is 12. The molecule has 0 aliphatic carbocycles. The van der Waals surface area contributed by atoms with Crippen molar-refractivity contribution in [2.24, 2.45) is 0 Å². The van der Waals surface area contributed by atoms with E-state index in [2.05, 4.69) is 16.8 Å². The summed E-state index contributed by atoms with van der Waals surface area (Å²) in [4.78, 5) is 0. The topological polar surface area (TPSA) is 35.3 Å². The van der Waals surface area contributed by atoms with Gasteiger partial charge in [-0.05, 0) is 6.42 Å². The van der Waals surface area contributed by atoms with Crippen molar-refractivity contribution in [3.05, 3.63) is 0 Å². The van der Waals surface area contributed by atoms with Crippen molar-refractivity contribution in [3.8, 4) is 0 Å². The summed E-state index contributed by atoms with van der Waals surface area (Å²) in [6.45, 7) is 6.08. The Labute approximate surface area is 144 Å². The van der Waals surface area contributed by atoms with Gasteiger partial charge in [-0.1, -0.05) is 84.0 Å². The molecule has 0 spiro atoms. The molecule has 23 heavy (non-hydrogen) atoms. The fraction of sp³-hybridized carbons (Fsp3) is 0.950. The van der Waals surface area contributed by atoms with E-state index in [1.165, 1.54) is 89.3 Å². The van der Waals surface area contributed by atoms with Gasteiger partial charge in [0.25, 0.3) is 0 Å². The lowest BCUT2D eigenvalue weighted by Crippen LogP contribution is -2.28. The zero-order valence-corrected chi connectivity index (χ0v) is 15.8. The van der Waals surface area contributed by atoms with E-state index in [-0.39, 0.29) is 6.23 Å². The van der Waals surface area contributed by atoms with Gasteiger partial charge in [-0.3, -0.25) is 5.32 Å². The Bertz CT molecular complexity index is 313. The number of nitrogens with one attached hydrogen (secondary N) is 1. The highest BCUT2D eigenvalue weighted by Crippen LogP contribution is 2.13. The maximum atomic E-state index is 9.69. The Morgan fingerprint density at radius 3 is 1.83 bits per heavy atom. The zero-order valence-electron chi connectivity index (χ0n) is 15.8. The number of nitrogens with zero attached hydrogens (tertiary/aromatic N) is 1. The molecule has 0 aromatic carbocycles. The van der Waals surface area contributed by atoms with Crippen LogP contribution in [0, 0.1) is 0 Å². The van der Waals surface area contributed by atoms with E-state index >= 15 is 0 Å². The SMILES string of the molecule is CCCCCCCCCCCCCCCC1=[N+](C(C)O)CCN1. The second-order valence-electron chi connectivity index (χ2n) is 7.19. The monoisotopic (exact) mass is 325 g/mol. The number of rotatable bonds is 15. The lowest BCUT2D eigenvalue weighted by Gasteiger charge is -2.06. The Kier molecular flexibility index (Phi) is 12.3. The average molecular weight is 326 g/mol. The molecule has 0 fully saturated rings. The molecule has 1 atom stereocenters. The summed E-state index contributed by atoms with van der Waals surface area (Å²) in [5.41, 5.74) is 0. The molecule has 1 aliphatic heterocycles. The lowest BCUT2D eigenvalue weighted by atomic mass is 10.0. The molecule has 3 heteroatoms. The van der Waals surface area contributed by atoms with E-state index in [0.29, 0.717) is 0 Å². The summed E-state index contributed by atoms with van der Waals surface area (Å²) in [7, 11) is 0. The van der Waals surface area contributed by atoms with Crippen molar-refractivity contribution >= 4 is 5.84 Å². The molecule has 0 saturated carbocycles. The van der Waals surface area contributed by atoms with E-state index in [0.717, 1.165) is 19.5 Å². The Morgan fingerprint density at radius 1 is 0.870 bits per heavy atom. The van der Waals surface area contributed by atoms with E-state index in [1.807, 2.05) is 6.92 Å². The summed E-state index contributed by atoms with van der Waals surface area (Å²) in [6.07, 6.45) is 19.0. The number of hydrogen-bond acceptors (Lipinski definition) is 2. The van der Waals surface area contributed by atoms with Crippen LogP contribution in [0.3, 0.4) is 0 Å². The zero-order chi connectivity index (χ0) is 16.8. The molecule has 1 aliphatic rings. The van der Waals surface area contributed by atoms with Crippen LogP contribution in [0.1, 0.15) is 104 Å². The quantitative estimate of drug-likeness (QED) is 0.334. The van der Waals surface area contributed by atoms with Crippen LogP contribution in [0.2, 0.25) is 0 Å². The molecular formula is C20H41N2O+. The number of aliphatic hydroxyl groups is 1. The van der Waals surface area contributed by atoms with Crippen LogP contribution in [-0.2, 0) is 0 Å². The standard InChI is InChI=1S/C20H40N2O/c1-3-4-5-6-7-8-9-10-11-12-13-14-15-16-20-21-17-18-22(20)19(2)23/h19,23H,3-18H2,1-2H3/p+1. The van der Waals surface area contributed by atoms with Crippen molar-refractivity contribution < 1.29 is 9.68 Å². The lowest BCUT2D eigenvalue weighted by molar-refractivity contribution is -0.597. The van der Waals surface area contributed by atoms with E-state index < -0.39 is 0 Å². The Hall–Kier alpha value is -0.570. The third-order valence-corrected chi connectivity index (χ3v) is 5.00. The molecule has 2 N–H and O–H groups in total. The minimum absolute atomic E-state index is 0.345. The molecular weight excluding hydrogens is 284 g/mol. The third kappa shape index (κ3) is 10.0. The summed E-state index contributed by atoms with van der Waals surface area (Å²) in [6, 6.07) is 0. The summed E-state index contributed by atoms with van der Waals surface area (Å²) in [5.74, 6) is 1.25. The Balaban J connectivity index is 1.84. The normalized spacial score (nSPS) is 16.0. The van der Waals surface area contributed by atoms with Crippen molar-refractivity contribution in [1.29, 1.82) is 0 Å². The fourth-order valence-electron chi connectivity index (χ4n) is 3.51. The largest absolute Gasteiger partial charge is 0.356 e. The highest BCUT2D eigenvalue weighted by atomic mass is 16.3. The van der Waals surface area contributed by atoms with Gasteiger partial charge in [-0.15, -0.1) is 0 Å². The van der Waals surface area contributed by atoms with Crippen LogP contribution >= 0.6 is 0 Å². The van der Waals surface area contributed by atoms with Gasteiger partial charge < -0.3 is 5.11 Å². The van der Waals surface area contributed by atoms with Crippen LogP contribution < -0.4 is 5.32 Å². The number of hydrogen-bond donors (Lipinski definition) is 2. The van der Waals surface area contributed by atoms with Crippen molar-refractivity contribution in [3.63, 3.8) is 0 Å². The van der Waals surface area contributed by atoms with Gasteiger partial charge in [0.1, 0.15) is 13.1 Å². The number of aliphatic hydroxyl groups excluding tert-OH is 1. The van der Waals surface area contributed by atoms with Gasteiger partial charge in [0.15, 0.2) is 6.23 Å². The van der Waals surface area contributed by atoms with Gasteiger partial charge in [0.2, 0.25) is 5.84 Å². The molecule has 1 heterocycles. The van der Waals surface area contributed by atoms with E-state index in [4.69, 9.17) is 0 Å². The molecule has 136 valence electrons. The first kappa shape index (κ1) is 20.5. The van der Waals surface area contributed by atoms with Crippen LogP contribution in [0.15, 0.2) is 0 Å². The van der Waals surface area contributed by atoms with Gasteiger partial charge in [0, 0.05) is 13.3 Å². The molecule has 1 rings (SSSR count). The van der Waals surface area contributed by atoms with Crippen molar-refractivity contribution in [1.82, 2.24) is 5.32 Å². The fourth-order valence-corrected chi connectivity index (χ4v) is 3.51. The van der Waals surface area contributed by atoms with Crippen LogP contribution in [0.25, 0.3) is 0 Å². The second kappa shape index (κ2) is 13.8. The number of amidine groups is 1. The van der Waals surface area contributed by atoms with Crippen LogP contribution in [-0.4, -0.2) is 34.8 Å². The molecule has 0 radical (unpaired) electrons. The molecule has 0 saturated heterocycles. The summed E-state index contributed by atoms with van der Waals surface area (Å²) in [5, 5.41) is 13.1. The first-order chi connectivity index (χ1) is 11.3. The van der Waals surface area contributed by atoms with Gasteiger partial charge in [0.05, 0.1) is 0 Å². The van der Waals surface area contributed by atoms with E-state index in [9.17, 15) is 5.11 Å². The van der Waals surface area contributed by atoms with Crippen LogP contribution in [0.5, 0.6) is 0 Å². The summed E-state index contributed by atoms with van der Waals surface area (Å²) >= 11 is 0. The predicted octanol–water partition coefficient (Wildman–Crippen LogP) is 4.82. The summed E-state index contributed by atoms with van der Waals surface area (Å²) < 4.78 is 2.10. The van der Waals surface area contributed by atoms with Crippen LogP contribution in [0.4, 0.5) is 0 Å². The molecule has 3 nitrogen and oxygen atoms in total. The third-order valence-electron chi connectivity index (χ3n) is 5.00. The highest BCUT2D eigenvalue weighted by Gasteiger charge is 2.22. The molecule has 1 unspecified atom stereocenters. The van der Waals surface area contributed by atoms with Gasteiger partial charge in [-0.25, -0.2) is 4.58 Å².